The molecule has 0 saturated carbocycles. The number of hydrogen-bond acceptors (Lipinski definition) is 6. The number of thioether (sulfide) groups is 1. The molecule has 134 valence electrons. The smallest absolute Gasteiger partial charge is 0.340 e. The number of para-hydroxylation sites is 1. The molecule has 26 heavy (non-hydrogen) atoms. The Kier molecular flexibility index (Phi) is 6.19. The average Bonchev–Trinajstić information content (AvgIpc) is 3.15. The number of aromatic nitrogens is 1. The van der Waals surface area contributed by atoms with Crippen LogP contribution in [-0.4, -0.2) is 24.3 Å². The second kappa shape index (κ2) is 8.58. The summed E-state index contributed by atoms with van der Waals surface area (Å²) in [6.45, 7) is 0.0876. The SMILES string of the molecule is COc1ccccc1-c1nc(COC(=O)c2cc(SC)ccc2Cl)cs1. The van der Waals surface area contributed by atoms with E-state index in [1.54, 1.807) is 19.2 Å². The van der Waals surface area contributed by atoms with Crippen LogP contribution in [0.1, 0.15) is 16.1 Å². The van der Waals surface area contributed by atoms with E-state index in [1.165, 1.54) is 23.1 Å². The molecule has 0 saturated heterocycles. The largest absolute Gasteiger partial charge is 0.496 e. The lowest BCUT2D eigenvalue weighted by molar-refractivity contribution is 0.0468. The number of halogens is 1. The zero-order chi connectivity index (χ0) is 18.5. The number of thiazole rings is 1. The van der Waals surface area contributed by atoms with Gasteiger partial charge in [-0.05, 0) is 36.6 Å². The highest BCUT2D eigenvalue weighted by Crippen LogP contribution is 2.32. The third-order valence-corrected chi connectivity index (χ3v) is 5.61. The number of carbonyl (C=O) groups excluding carboxylic acids is 1. The minimum atomic E-state index is -0.460. The van der Waals surface area contributed by atoms with E-state index in [1.807, 2.05) is 42.0 Å². The van der Waals surface area contributed by atoms with Crippen LogP contribution in [0.4, 0.5) is 0 Å². The van der Waals surface area contributed by atoms with Gasteiger partial charge in [-0.3, -0.25) is 0 Å². The van der Waals surface area contributed by atoms with E-state index in [0.29, 0.717) is 16.3 Å². The highest BCUT2D eigenvalue weighted by Gasteiger charge is 2.15. The van der Waals surface area contributed by atoms with Crippen molar-refractivity contribution in [2.75, 3.05) is 13.4 Å². The molecule has 3 rings (SSSR count). The van der Waals surface area contributed by atoms with Crippen LogP contribution in [0.15, 0.2) is 52.7 Å². The molecule has 0 aliphatic heterocycles. The summed E-state index contributed by atoms with van der Waals surface area (Å²) in [5.74, 6) is 0.295. The summed E-state index contributed by atoms with van der Waals surface area (Å²) in [7, 11) is 1.63. The molecule has 3 aromatic rings. The lowest BCUT2D eigenvalue weighted by Crippen LogP contribution is -2.06. The molecule has 0 fully saturated rings. The molecular formula is C19H16ClNO3S2. The first-order valence-electron chi connectivity index (χ1n) is 7.71. The van der Waals surface area contributed by atoms with Gasteiger partial charge in [0.2, 0.25) is 0 Å². The third kappa shape index (κ3) is 4.20. The predicted octanol–water partition coefficient (Wildman–Crippen LogP) is 5.55. The van der Waals surface area contributed by atoms with Gasteiger partial charge in [-0.1, -0.05) is 23.7 Å². The molecule has 0 atom stereocenters. The van der Waals surface area contributed by atoms with Gasteiger partial charge in [0.15, 0.2) is 0 Å². The molecule has 0 aliphatic carbocycles. The van der Waals surface area contributed by atoms with Crippen LogP contribution in [0, 0.1) is 0 Å². The molecule has 0 radical (unpaired) electrons. The number of methoxy groups -OCH3 is 1. The lowest BCUT2D eigenvalue weighted by atomic mass is 10.2. The summed E-state index contributed by atoms with van der Waals surface area (Å²) in [5, 5.41) is 3.06. The first kappa shape index (κ1) is 18.8. The van der Waals surface area contributed by atoms with E-state index in [2.05, 4.69) is 4.98 Å². The first-order chi connectivity index (χ1) is 12.6. The average molecular weight is 406 g/mol. The Morgan fingerprint density at radius 1 is 1.27 bits per heavy atom. The molecule has 0 bridgehead atoms. The lowest BCUT2D eigenvalue weighted by Gasteiger charge is -2.07. The second-order valence-electron chi connectivity index (χ2n) is 5.27. The van der Waals surface area contributed by atoms with Crippen molar-refractivity contribution in [1.29, 1.82) is 0 Å². The second-order valence-corrected chi connectivity index (χ2v) is 7.41. The summed E-state index contributed by atoms with van der Waals surface area (Å²) < 4.78 is 10.7. The van der Waals surface area contributed by atoms with Crippen molar-refractivity contribution < 1.29 is 14.3 Å². The number of esters is 1. The monoisotopic (exact) mass is 405 g/mol. The molecular weight excluding hydrogens is 390 g/mol. The van der Waals surface area contributed by atoms with E-state index in [4.69, 9.17) is 21.1 Å². The van der Waals surface area contributed by atoms with Crippen LogP contribution >= 0.6 is 34.7 Å². The number of benzene rings is 2. The van der Waals surface area contributed by atoms with Gasteiger partial charge < -0.3 is 9.47 Å². The van der Waals surface area contributed by atoms with Gasteiger partial charge in [-0.2, -0.15) is 0 Å². The summed E-state index contributed by atoms with van der Waals surface area (Å²) in [4.78, 5) is 17.8. The fourth-order valence-electron chi connectivity index (χ4n) is 2.32. The standard InChI is InChI=1S/C19H16ClNO3S2/c1-23-17-6-4-3-5-14(17)18-21-12(11-26-18)10-24-19(22)15-9-13(25-2)7-8-16(15)20/h3-9,11H,10H2,1-2H3. The van der Waals surface area contributed by atoms with Crippen molar-refractivity contribution in [3.63, 3.8) is 0 Å². The van der Waals surface area contributed by atoms with Gasteiger partial charge in [0.25, 0.3) is 0 Å². The van der Waals surface area contributed by atoms with Gasteiger partial charge in [-0.25, -0.2) is 9.78 Å². The molecule has 0 unspecified atom stereocenters. The fourth-order valence-corrected chi connectivity index (χ4v) is 3.79. The number of hydrogen-bond donors (Lipinski definition) is 0. The van der Waals surface area contributed by atoms with Crippen molar-refractivity contribution in [2.45, 2.75) is 11.5 Å². The zero-order valence-electron chi connectivity index (χ0n) is 14.2. The molecule has 0 spiro atoms. The topological polar surface area (TPSA) is 48.4 Å². The highest BCUT2D eigenvalue weighted by atomic mass is 35.5. The number of rotatable bonds is 6. The molecule has 4 nitrogen and oxygen atoms in total. The minimum Gasteiger partial charge on any atom is -0.496 e. The quantitative estimate of drug-likeness (QED) is 0.397. The van der Waals surface area contributed by atoms with Crippen molar-refractivity contribution in [3.8, 4) is 16.3 Å². The zero-order valence-corrected chi connectivity index (χ0v) is 16.6. The van der Waals surface area contributed by atoms with Gasteiger partial charge >= 0.3 is 5.97 Å². The minimum absolute atomic E-state index is 0.0876. The summed E-state index contributed by atoms with van der Waals surface area (Å²) in [6.07, 6.45) is 1.94. The number of nitrogens with zero attached hydrogens (tertiary/aromatic N) is 1. The predicted molar refractivity (Wildman–Crippen MR) is 106 cm³/mol. The van der Waals surface area contributed by atoms with E-state index >= 15 is 0 Å². The van der Waals surface area contributed by atoms with Crippen LogP contribution in [0.25, 0.3) is 10.6 Å². The Bertz CT molecular complexity index is 927. The maximum Gasteiger partial charge on any atom is 0.340 e. The molecule has 0 aliphatic rings. The van der Waals surface area contributed by atoms with Gasteiger partial charge in [0.05, 0.1) is 29.0 Å². The fraction of sp³-hybridized carbons (Fsp3) is 0.158. The molecule has 1 aromatic heterocycles. The van der Waals surface area contributed by atoms with Crippen LogP contribution in [0.2, 0.25) is 5.02 Å². The van der Waals surface area contributed by atoms with Crippen LogP contribution in [0.3, 0.4) is 0 Å². The van der Waals surface area contributed by atoms with Crippen LogP contribution < -0.4 is 4.74 Å². The molecule has 0 amide bonds. The summed E-state index contributed by atoms with van der Waals surface area (Å²) >= 11 is 9.13. The van der Waals surface area contributed by atoms with Gasteiger partial charge in [-0.15, -0.1) is 23.1 Å². The van der Waals surface area contributed by atoms with E-state index in [0.717, 1.165) is 21.2 Å². The van der Waals surface area contributed by atoms with Crippen molar-refractivity contribution in [1.82, 2.24) is 4.98 Å². The van der Waals surface area contributed by atoms with Gasteiger partial charge in [0.1, 0.15) is 17.4 Å². The Hall–Kier alpha value is -2.02. The Balaban J connectivity index is 1.71. The Labute approximate surface area is 165 Å². The maximum atomic E-state index is 12.3. The van der Waals surface area contributed by atoms with E-state index in [9.17, 15) is 4.79 Å². The van der Waals surface area contributed by atoms with Gasteiger partial charge in [0, 0.05) is 10.3 Å². The summed E-state index contributed by atoms with van der Waals surface area (Å²) in [6, 6.07) is 13.0. The molecule has 1 heterocycles. The first-order valence-corrected chi connectivity index (χ1v) is 10.2. The van der Waals surface area contributed by atoms with Crippen molar-refractivity contribution in [3.05, 3.63) is 64.1 Å². The van der Waals surface area contributed by atoms with Crippen molar-refractivity contribution >= 4 is 40.7 Å². The Morgan fingerprint density at radius 2 is 2.08 bits per heavy atom. The van der Waals surface area contributed by atoms with E-state index < -0.39 is 5.97 Å². The summed E-state index contributed by atoms with van der Waals surface area (Å²) in [5.41, 5.74) is 1.95. The van der Waals surface area contributed by atoms with Crippen LogP contribution in [0.5, 0.6) is 5.75 Å². The van der Waals surface area contributed by atoms with Crippen LogP contribution in [-0.2, 0) is 11.3 Å². The van der Waals surface area contributed by atoms with Crippen molar-refractivity contribution in [2.24, 2.45) is 0 Å². The Morgan fingerprint density at radius 3 is 2.85 bits per heavy atom. The molecule has 7 heteroatoms. The highest BCUT2D eigenvalue weighted by molar-refractivity contribution is 7.98. The maximum absolute atomic E-state index is 12.3. The number of ether oxygens (including phenoxy) is 2. The third-order valence-electron chi connectivity index (χ3n) is 3.63. The molecule has 2 aromatic carbocycles. The van der Waals surface area contributed by atoms with E-state index in [-0.39, 0.29) is 6.61 Å². The molecule has 0 N–H and O–H groups in total. The number of carbonyl (C=O) groups is 1. The normalized spacial score (nSPS) is 10.6.